The van der Waals surface area contributed by atoms with Crippen molar-refractivity contribution in [3.05, 3.63) is 35.9 Å². The molecule has 1 aliphatic heterocycles. The molecule has 1 N–H and O–H groups in total. The predicted molar refractivity (Wildman–Crippen MR) is 74.9 cm³/mol. The molecule has 1 aromatic rings. The third-order valence-electron chi connectivity index (χ3n) is 4.27. The monoisotopic (exact) mass is 275 g/mol. The molecule has 1 aromatic carbocycles. The van der Waals surface area contributed by atoms with E-state index in [0.29, 0.717) is 25.6 Å². The van der Waals surface area contributed by atoms with Crippen LogP contribution in [0.4, 0.5) is 0 Å². The Bertz CT molecular complexity index is 478. The van der Waals surface area contributed by atoms with Crippen LogP contribution >= 0.6 is 0 Å². The van der Waals surface area contributed by atoms with Crippen LogP contribution in [-0.2, 0) is 16.1 Å². The summed E-state index contributed by atoms with van der Waals surface area (Å²) in [7, 11) is 0. The highest BCUT2D eigenvalue weighted by Crippen LogP contribution is 2.44. The third kappa shape index (κ3) is 2.72. The lowest BCUT2D eigenvalue weighted by Crippen LogP contribution is -2.66. The van der Waals surface area contributed by atoms with Crippen molar-refractivity contribution >= 4 is 5.91 Å². The zero-order valence-electron chi connectivity index (χ0n) is 11.8. The van der Waals surface area contributed by atoms with Crippen LogP contribution in [0.5, 0.6) is 0 Å². The molecular weight excluding hydrogens is 254 g/mol. The number of amides is 1. The van der Waals surface area contributed by atoms with Gasteiger partial charge >= 0.3 is 0 Å². The van der Waals surface area contributed by atoms with E-state index in [-0.39, 0.29) is 5.91 Å². The van der Waals surface area contributed by atoms with Crippen LogP contribution < -0.4 is 0 Å². The van der Waals surface area contributed by atoms with E-state index in [1.807, 2.05) is 30.3 Å². The van der Waals surface area contributed by atoms with Gasteiger partial charge in [-0.25, -0.2) is 0 Å². The van der Waals surface area contributed by atoms with Crippen molar-refractivity contribution in [2.75, 3.05) is 13.1 Å². The van der Waals surface area contributed by atoms with Crippen LogP contribution in [0.2, 0.25) is 0 Å². The first kappa shape index (κ1) is 13.6. The van der Waals surface area contributed by atoms with E-state index in [9.17, 15) is 9.90 Å². The van der Waals surface area contributed by atoms with Gasteiger partial charge in [0, 0.05) is 0 Å². The normalized spacial score (nSPS) is 22.2. The minimum absolute atomic E-state index is 0.0220. The van der Waals surface area contributed by atoms with Crippen LogP contribution in [0, 0.1) is 5.92 Å². The van der Waals surface area contributed by atoms with Crippen LogP contribution in [-0.4, -0.2) is 40.7 Å². The lowest BCUT2D eigenvalue weighted by molar-refractivity contribution is -0.169. The number of ether oxygens (including phenoxy) is 1. The SMILES string of the molecule is CC(OCc1ccccc1)C(=O)N1CC(O)(C2CC2)C1. The Hall–Kier alpha value is -1.39. The number of carbonyl (C=O) groups excluding carboxylic acids is 1. The number of aliphatic hydroxyl groups is 1. The van der Waals surface area contributed by atoms with Gasteiger partial charge < -0.3 is 14.7 Å². The van der Waals surface area contributed by atoms with Crippen molar-refractivity contribution < 1.29 is 14.6 Å². The highest BCUT2D eigenvalue weighted by Gasteiger charge is 2.53. The Morgan fingerprint density at radius 3 is 2.65 bits per heavy atom. The molecule has 1 amide bonds. The van der Waals surface area contributed by atoms with E-state index in [1.54, 1.807) is 11.8 Å². The smallest absolute Gasteiger partial charge is 0.251 e. The number of likely N-dealkylation sites (tertiary alicyclic amines) is 1. The fraction of sp³-hybridized carbons (Fsp3) is 0.562. The van der Waals surface area contributed by atoms with E-state index >= 15 is 0 Å². The van der Waals surface area contributed by atoms with Gasteiger partial charge in [-0.15, -0.1) is 0 Å². The molecule has 1 saturated heterocycles. The van der Waals surface area contributed by atoms with Crippen molar-refractivity contribution in [2.45, 2.75) is 38.1 Å². The minimum atomic E-state index is -0.616. The van der Waals surface area contributed by atoms with Crippen molar-refractivity contribution in [3.8, 4) is 0 Å². The Labute approximate surface area is 119 Å². The number of β-amino-alcohol motifs (C(OH)–C–C–N with tert-alkyl or cyclic N) is 1. The summed E-state index contributed by atoms with van der Waals surface area (Å²) in [5.41, 5.74) is 0.444. The maximum absolute atomic E-state index is 12.2. The predicted octanol–water partition coefficient (Wildman–Crippen LogP) is 1.57. The second-order valence-corrected chi connectivity index (χ2v) is 6.01. The largest absolute Gasteiger partial charge is 0.386 e. The van der Waals surface area contributed by atoms with Crippen LogP contribution in [0.3, 0.4) is 0 Å². The second-order valence-electron chi connectivity index (χ2n) is 6.01. The van der Waals surface area contributed by atoms with Gasteiger partial charge in [0.1, 0.15) is 11.7 Å². The van der Waals surface area contributed by atoms with Gasteiger partial charge in [0.2, 0.25) is 0 Å². The molecule has 108 valence electrons. The summed E-state index contributed by atoms with van der Waals surface area (Å²) in [5.74, 6) is 0.387. The van der Waals surface area contributed by atoms with E-state index in [0.717, 1.165) is 18.4 Å². The number of benzene rings is 1. The molecule has 1 aliphatic carbocycles. The zero-order chi connectivity index (χ0) is 14.2. The van der Waals surface area contributed by atoms with Crippen molar-refractivity contribution in [1.82, 2.24) is 4.90 Å². The topological polar surface area (TPSA) is 49.8 Å². The maximum Gasteiger partial charge on any atom is 0.251 e. The Kier molecular flexibility index (Phi) is 3.52. The average Bonchev–Trinajstić information content (AvgIpc) is 3.26. The van der Waals surface area contributed by atoms with Crippen LogP contribution in [0.15, 0.2) is 30.3 Å². The van der Waals surface area contributed by atoms with Crippen LogP contribution in [0.1, 0.15) is 25.3 Å². The quantitative estimate of drug-likeness (QED) is 0.887. The summed E-state index contributed by atoms with van der Waals surface area (Å²) in [5, 5.41) is 10.2. The summed E-state index contributed by atoms with van der Waals surface area (Å²) >= 11 is 0. The highest BCUT2D eigenvalue weighted by molar-refractivity contribution is 5.81. The first-order valence-corrected chi connectivity index (χ1v) is 7.25. The number of carbonyl (C=O) groups is 1. The molecule has 0 aromatic heterocycles. The first-order chi connectivity index (χ1) is 9.58. The number of hydrogen-bond donors (Lipinski definition) is 1. The molecule has 0 radical (unpaired) electrons. The number of nitrogens with zero attached hydrogens (tertiary/aromatic N) is 1. The third-order valence-corrected chi connectivity index (χ3v) is 4.27. The maximum atomic E-state index is 12.2. The standard InChI is InChI=1S/C16H21NO3/c1-12(20-9-13-5-3-2-4-6-13)15(18)17-10-16(19,11-17)14-7-8-14/h2-6,12,14,19H,7-11H2,1H3. The summed E-state index contributed by atoms with van der Waals surface area (Å²) in [6, 6.07) is 9.82. The fourth-order valence-electron chi connectivity index (χ4n) is 2.77. The molecule has 0 spiro atoms. The average molecular weight is 275 g/mol. The molecule has 1 unspecified atom stereocenters. The summed E-state index contributed by atoms with van der Waals surface area (Å²) < 4.78 is 5.62. The van der Waals surface area contributed by atoms with Gasteiger partial charge in [0.25, 0.3) is 5.91 Å². The molecule has 1 saturated carbocycles. The molecule has 3 rings (SSSR count). The molecule has 0 bridgehead atoms. The molecule has 4 heteroatoms. The van der Waals surface area contributed by atoms with Gasteiger partial charge in [-0.1, -0.05) is 30.3 Å². The van der Waals surface area contributed by atoms with Crippen LogP contribution in [0.25, 0.3) is 0 Å². The molecular formula is C16H21NO3. The molecule has 2 fully saturated rings. The van der Waals surface area contributed by atoms with E-state index < -0.39 is 11.7 Å². The van der Waals surface area contributed by atoms with E-state index in [1.165, 1.54) is 0 Å². The van der Waals surface area contributed by atoms with Gasteiger partial charge in [0.05, 0.1) is 19.7 Å². The van der Waals surface area contributed by atoms with Crippen molar-refractivity contribution in [2.24, 2.45) is 5.92 Å². The van der Waals surface area contributed by atoms with Gasteiger partial charge in [-0.05, 0) is 31.2 Å². The Morgan fingerprint density at radius 1 is 1.40 bits per heavy atom. The Morgan fingerprint density at radius 2 is 2.05 bits per heavy atom. The second kappa shape index (κ2) is 5.19. The Balaban J connectivity index is 1.46. The van der Waals surface area contributed by atoms with E-state index in [2.05, 4.69) is 0 Å². The summed E-state index contributed by atoms with van der Waals surface area (Å²) in [4.78, 5) is 13.9. The van der Waals surface area contributed by atoms with Gasteiger partial charge in [-0.3, -0.25) is 4.79 Å². The highest BCUT2D eigenvalue weighted by atomic mass is 16.5. The molecule has 1 atom stereocenters. The number of rotatable bonds is 5. The lowest BCUT2D eigenvalue weighted by atomic mass is 9.88. The van der Waals surface area contributed by atoms with Gasteiger partial charge in [0.15, 0.2) is 0 Å². The molecule has 1 heterocycles. The lowest BCUT2D eigenvalue weighted by Gasteiger charge is -2.47. The van der Waals surface area contributed by atoms with Gasteiger partial charge in [-0.2, -0.15) is 0 Å². The van der Waals surface area contributed by atoms with E-state index in [4.69, 9.17) is 4.74 Å². The summed E-state index contributed by atoms with van der Waals surface area (Å²) in [6.07, 6.45) is 1.73. The molecule has 4 nitrogen and oxygen atoms in total. The fourth-order valence-corrected chi connectivity index (χ4v) is 2.77. The molecule has 2 aliphatic rings. The zero-order valence-corrected chi connectivity index (χ0v) is 11.8. The first-order valence-electron chi connectivity index (χ1n) is 7.25. The van der Waals surface area contributed by atoms with Crippen molar-refractivity contribution in [1.29, 1.82) is 0 Å². The van der Waals surface area contributed by atoms with Crippen molar-refractivity contribution in [3.63, 3.8) is 0 Å². The molecule has 20 heavy (non-hydrogen) atoms. The minimum Gasteiger partial charge on any atom is -0.386 e. The number of hydrogen-bond acceptors (Lipinski definition) is 3. The summed E-state index contributed by atoms with van der Waals surface area (Å²) in [6.45, 7) is 3.15.